The first-order valence-corrected chi connectivity index (χ1v) is 16.0. The molecular weight excluding hydrogens is 588 g/mol. The molecule has 8 rings (SSSR count). The molecule has 2 aliphatic heterocycles. The number of aromatic nitrogens is 4. The quantitative estimate of drug-likeness (QED) is 0.236. The van der Waals surface area contributed by atoms with Crippen molar-refractivity contribution >= 4 is 39.7 Å². The van der Waals surface area contributed by atoms with Crippen molar-refractivity contribution in [3.63, 3.8) is 0 Å². The number of carbonyl (C=O) groups excluding carboxylic acids is 2. The van der Waals surface area contributed by atoms with Crippen molar-refractivity contribution in [1.29, 1.82) is 0 Å². The van der Waals surface area contributed by atoms with Gasteiger partial charge in [0, 0.05) is 85.6 Å². The van der Waals surface area contributed by atoms with Crippen LogP contribution in [-0.2, 0) is 16.1 Å². The van der Waals surface area contributed by atoms with E-state index >= 15 is 0 Å². The molecule has 3 aromatic heterocycles. The lowest BCUT2D eigenvalue weighted by atomic mass is 10.0. The minimum atomic E-state index is -0.392. The Hall–Kier alpha value is -5.61. The minimum absolute atomic E-state index is 0.202. The Morgan fingerprint density at radius 3 is 2.47 bits per heavy atom. The number of piperidine rings is 1. The monoisotopic (exact) mass is 622 g/mol. The molecule has 0 aliphatic carbocycles. The number of rotatable bonds is 7. The molecule has 2 aliphatic rings. The maximum atomic E-state index is 12.3. The standard InChI is InChI=1S/C37H34N8O2/c46-35-14-13-34(37(47)42-35)41-32-7-3-1-5-26(32)23-43-17-19-44(20-18-43)28-11-9-25(10-12-28)27-21-39-36-31(22-40-45(36)24-27)29-15-16-38-33-8-4-2-6-30(29)33/h1-12,15-16,21-22,24,34,41H,13-14,17-20,23H2,(H,42,46,47). The Balaban J connectivity index is 0.917. The van der Waals surface area contributed by atoms with E-state index in [0.717, 1.165) is 82.8 Å². The number of hydrogen-bond donors (Lipinski definition) is 2. The molecule has 10 heteroatoms. The fourth-order valence-electron chi connectivity index (χ4n) is 6.63. The number of nitrogens with one attached hydrogen (secondary N) is 2. The minimum Gasteiger partial charge on any atom is -0.373 e. The van der Waals surface area contributed by atoms with Gasteiger partial charge < -0.3 is 10.2 Å². The average Bonchev–Trinajstić information content (AvgIpc) is 3.54. The van der Waals surface area contributed by atoms with E-state index in [0.29, 0.717) is 12.8 Å². The number of hydrogen-bond acceptors (Lipinski definition) is 8. The molecule has 234 valence electrons. The van der Waals surface area contributed by atoms with Gasteiger partial charge in [0.25, 0.3) is 0 Å². The first-order chi connectivity index (χ1) is 23.1. The molecule has 2 amide bonds. The van der Waals surface area contributed by atoms with Crippen LogP contribution in [0.2, 0.25) is 0 Å². The SMILES string of the molecule is O=C1CCC(Nc2ccccc2CN2CCN(c3ccc(-c4cnc5c(-c6ccnc7ccccc67)cnn5c4)cc3)CC2)C(=O)N1. The van der Waals surface area contributed by atoms with Gasteiger partial charge in [-0.2, -0.15) is 5.10 Å². The number of para-hydroxylation sites is 2. The number of carbonyl (C=O) groups is 2. The van der Waals surface area contributed by atoms with E-state index < -0.39 is 6.04 Å². The van der Waals surface area contributed by atoms with E-state index in [1.165, 1.54) is 5.69 Å². The Morgan fingerprint density at radius 2 is 1.62 bits per heavy atom. The lowest BCUT2D eigenvalue weighted by Crippen LogP contribution is -2.48. The number of piperazine rings is 1. The molecule has 3 aromatic carbocycles. The van der Waals surface area contributed by atoms with Crippen molar-refractivity contribution < 1.29 is 9.59 Å². The zero-order chi connectivity index (χ0) is 31.7. The van der Waals surface area contributed by atoms with Gasteiger partial charge in [0.2, 0.25) is 11.8 Å². The van der Waals surface area contributed by atoms with Crippen LogP contribution in [0.15, 0.2) is 104 Å². The summed E-state index contributed by atoms with van der Waals surface area (Å²) in [6.07, 6.45) is 8.54. The van der Waals surface area contributed by atoms with Crippen molar-refractivity contribution in [1.82, 2.24) is 29.8 Å². The zero-order valence-corrected chi connectivity index (χ0v) is 25.8. The van der Waals surface area contributed by atoms with E-state index in [1.807, 2.05) is 71.8 Å². The number of fused-ring (bicyclic) bond motifs is 2. The number of imide groups is 1. The van der Waals surface area contributed by atoms with E-state index in [4.69, 9.17) is 4.98 Å². The van der Waals surface area contributed by atoms with Crippen LogP contribution in [0.25, 0.3) is 38.8 Å². The molecule has 0 bridgehead atoms. The fourth-order valence-corrected chi connectivity index (χ4v) is 6.63. The molecule has 2 N–H and O–H groups in total. The summed E-state index contributed by atoms with van der Waals surface area (Å²) >= 11 is 0. The second kappa shape index (κ2) is 12.3. The molecule has 0 saturated carbocycles. The van der Waals surface area contributed by atoms with E-state index in [2.05, 4.69) is 66.9 Å². The van der Waals surface area contributed by atoms with Crippen LogP contribution in [0.4, 0.5) is 11.4 Å². The van der Waals surface area contributed by atoms with Gasteiger partial charge in [0.1, 0.15) is 6.04 Å². The Labute approximate surface area is 272 Å². The maximum Gasteiger partial charge on any atom is 0.249 e. The van der Waals surface area contributed by atoms with Crippen molar-refractivity contribution in [2.75, 3.05) is 36.4 Å². The maximum absolute atomic E-state index is 12.3. The molecule has 0 spiro atoms. The number of pyridine rings is 1. The molecule has 6 aromatic rings. The molecule has 47 heavy (non-hydrogen) atoms. The molecule has 1 unspecified atom stereocenters. The molecule has 10 nitrogen and oxygen atoms in total. The summed E-state index contributed by atoms with van der Waals surface area (Å²) in [5.41, 5.74) is 9.22. The molecule has 2 fully saturated rings. The van der Waals surface area contributed by atoms with Crippen LogP contribution in [0.5, 0.6) is 0 Å². The molecule has 2 saturated heterocycles. The van der Waals surface area contributed by atoms with Gasteiger partial charge in [-0.25, -0.2) is 9.50 Å². The summed E-state index contributed by atoms with van der Waals surface area (Å²) in [4.78, 5) is 38.0. The highest BCUT2D eigenvalue weighted by Crippen LogP contribution is 2.31. The molecule has 0 radical (unpaired) electrons. The summed E-state index contributed by atoms with van der Waals surface area (Å²) in [5, 5.41) is 11.5. The van der Waals surface area contributed by atoms with Crippen molar-refractivity contribution in [3.8, 4) is 22.3 Å². The molecular formula is C37H34N8O2. The van der Waals surface area contributed by atoms with Crippen LogP contribution in [0, 0.1) is 0 Å². The number of anilines is 2. The van der Waals surface area contributed by atoms with E-state index in [-0.39, 0.29) is 11.8 Å². The topological polar surface area (TPSA) is 108 Å². The van der Waals surface area contributed by atoms with Crippen molar-refractivity contribution in [2.45, 2.75) is 25.4 Å². The van der Waals surface area contributed by atoms with Gasteiger partial charge >= 0.3 is 0 Å². The van der Waals surface area contributed by atoms with Gasteiger partial charge in [-0.15, -0.1) is 0 Å². The lowest BCUT2D eigenvalue weighted by Gasteiger charge is -2.36. The van der Waals surface area contributed by atoms with Crippen LogP contribution >= 0.6 is 0 Å². The van der Waals surface area contributed by atoms with Crippen LogP contribution in [0.3, 0.4) is 0 Å². The highest BCUT2D eigenvalue weighted by molar-refractivity contribution is 6.01. The predicted molar refractivity (Wildman–Crippen MR) is 183 cm³/mol. The van der Waals surface area contributed by atoms with Gasteiger partial charge in [-0.05, 0) is 53.4 Å². The Bertz CT molecular complexity index is 2090. The first kappa shape index (κ1) is 28.8. The highest BCUT2D eigenvalue weighted by atomic mass is 16.2. The van der Waals surface area contributed by atoms with Crippen molar-refractivity contribution in [3.05, 3.63) is 109 Å². The summed E-state index contributed by atoms with van der Waals surface area (Å²) < 4.78 is 1.85. The third-order valence-corrected chi connectivity index (χ3v) is 9.21. The summed E-state index contributed by atoms with van der Waals surface area (Å²) in [6.45, 7) is 4.52. The van der Waals surface area contributed by atoms with Crippen LogP contribution in [-0.4, -0.2) is 68.5 Å². The third-order valence-electron chi connectivity index (χ3n) is 9.21. The second-order valence-corrected chi connectivity index (χ2v) is 12.2. The Morgan fingerprint density at radius 1 is 0.809 bits per heavy atom. The lowest BCUT2D eigenvalue weighted by molar-refractivity contribution is -0.133. The van der Waals surface area contributed by atoms with E-state index in [1.54, 1.807) is 0 Å². The normalized spacial score (nSPS) is 17.3. The fraction of sp³-hybridized carbons (Fsp3) is 0.216. The molecule has 1 atom stereocenters. The summed E-state index contributed by atoms with van der Waals surface area (Å²) in [7, 11) is 0. The average molecular weight is 623 g/mol. The number of nitrogens with zero attached hydrogens (tertiary/aromatic N) is 6. The zero-order valence-electron chi connectivity index (χ0n) is 25.8. The smallest absolute Gasteiger partial charge is 0.249 e. The number of benzene rings is 3. The van der Waals surface area contributed by atoms with Crippen LogP contribution < -0.4 is 15.5 Å². The van der Waals surface area contributed by atoms with Gasteiger partial charge in [0.15, 0.2) is 5.65 Å². The van der Waals surface area contributed by atoms with Gasteiger partial charge in [-0.1, -0.05) is 48.5 Å². The molecule has 5 heterocycles. The highest BCUT2D eigenvalue weighted by Gasteiger charge is 2.27. The predicted octanol–water partition coefficient (Wildman–Crippen LogP) is 5.15. The van der Waals surface area contributed by atoms with Crippen molar-refractivity contribution in [2.24, 2.45) is 0 Å². The first-order valence-electron chi connectivity index (χ1n) is 16.0. The summed E-state index contributed by atoms with van der Waals surface area (Å²) in [5.74, 6) is -0.454. The third kappa shape index (κ3) is 5.79. The van der Waals surface area contributed by atoms with Crippen LogP contribution in [0.1, 0.15) is 18.4 Å². The largest absolute Gasteiger partial charge is 0.373 e. The van der Waals surface area contributed by atoms with Gasteiger partial charge in [0.05, 0.1) is 11.7 Å². The second-order valence-electron chi connectivity index (χ2n) is 12.2. The summed E-state index contributed by atoms with van der Waals surface area (Å²) in [6, 6.07) is 26.6. The Kier molecular flexibility index (Phi) is 7.54. The number of amides is 2. The van der Waals surface area contributed by atoms with Gasteiger partial charge in [-0.3, -0.25) is 24.8 Å². The van der Waals surface area contributed by atoms with E-state index in [9.17, 15) is 9.59 Å².